The minimum atomic E-state index is -0.0485. The molecule has 2 atom stereocenters. The van der Waals surface area contributed by atoms with Gasteiger partial charge in [0.15, 0.2) is 5.65 Å². The Morgan fingerprint density at radius 1 is 1.03 bits per heavy atom. The van der Waals surface area contributed by atoms with Crippen LogP contribution in [0, 0.1) is 11.8 Å². The van der Waals surface area contributed by atoms with Gasteiger partial charge in [0.25, 0.3) is 0 Å². The van der Waals surface area contributed by atoms with Crippen molar-refractivity contribution < 1.29 is 4.79 Å². The Kier molecular flexibility index (Phi) is 4.35. The third kappa shape index (κ3) is 3.17. The van der Waals surface area contributed by atoms with E-state index in [9.17, 15) is 4.79 Å². The van der Waals surface area contributed by atoms with E-state index in [-0.39, 0.29) is 17.7 Å². The van der Waals surface area contributed by atoms with Crippen molar-refractivity contribution >= 4 is 28.5 Å². The largest absolute Gasteiger partial charge is 0.355 e. The molecule has 1 fully saturated rings. The highest BCUT2D eigenvalue weighted by Gasteiger charge is 2.33. The van der Waals surface area contributed by atoms with Gasteiger partial charge in [0.05, 0.1) is 17.3 Å². The number of aromatic nitrogens is 3. The molecule has 1 aromatic carbocycles. The van der Waals surface area contributed by atoms with E-state index >= 15 is 0 Å². The molecule has 6 heteroatoms. The van der Waals surface area contributed by atoms with Crippen LogP contribution in [-0.4, -0.2) is 26.8 Å². The Hall–Kier alpha value is -4.19. The van der Waals surface area contributed by atoms with Crippen LogP contribution < -0.4 is 10.6 Å². The normalized spacial score (nSPS) is 19.5. The number of nitrogens with one attached hydrogen (secondary N) is 2. The highest BCUT2D eigenvalue weighted by Crippen LogP contribution is 2.33. The van der Waals surface area contributed by atoms with Crippen LogP contribution in [0.5, 0.6) is 0 Å². The van der Waals surface area contributed by atoms with Crippen LogP contribution in [0.4, 0.5) is 11.4 Å². The van der Waals surface area contributed by atoms with Gasteiger partial charge in [-0.15, -0.1) is 0 Å². The molecule has 6 rings (SSSR count). The number of hydrogen-bond donors (Lipinski definition) is 2. The Bertz CT molecular complexity index is 1370. The number of hydrogen-bond acceptors (Lipinski definition) is 4. The maximum Gasteiger partial charge on any atom is 0.227 e. The summed E-state index contributed by atoms with van der Waals surface area (Å²) in [5.41, 5.74) is 7.17. The van der Waals surface area contributed by atoms with Crippen LogP contribution in [-0.2, 0) is 4.79 Å². The number of benzene rings is 1. The van der Waals surface area contributed by atoms with Crippen molar-refractivity contribution in [1.29, 1.82) is 0 Å². The summed E-state index contributed by atoms with van der Waals surface area (Å²) in [6.45, 7) is 0.694. The number of carbonyl (C=O) groups is 1. The lowest BCUT2D eigenvalue weighted by atomic mass is 9.87. The lowest BCUT2D eigenvalue weighted by molar-refractivity contribution is -0.121. The summed E-state index contributed by atoms with van der Waals surface area (Å²) in [4.78, 5) is 20.7. The van der Waals surface area contributed by atoms with Gasteiger partial charge in [-0.05, 0) is 47.0 Å². The van der Waals surface area contributed by atoms with Gasteiger partial charge in [-0.1, -0.05) is 36.4 Å². The maximum atomic E-state index is 11.9. The number of rotatable bonds is 4. The van der Waals surface area contributed by atoms with Gasteiger partial charge < -0.3 is 10.6 Å². The van der Waals surface area contributed by atoms with Gasteiger partial charge in [-0.25, -0.2) is 4.98 Å². The molecule has 1 aliphatic carbocycles. The summed E-state index contributed by atoms with van der Waals surface area (Å²) in [6, 6.07) is 16.4. The Morgan fingerprint density at radius 3 is 2.78 bits per heavy atom. The quantitative estimate of drug-likeness (QED) is 0.513. The number of pyridine rings is 2. The number of anilines is 2. The zero-order valence-electron chi connectivity index (χ0n) is 17.3. The summed E-state index contributed by atoms with van der Waals surface area (Å²) in [5, 5.41) is 6.44. The summed E-state index contributed by atoms with van der Waals surface area (Å²) in [6.07, 6.45) is 13.7. The van der Waals surface area contributed by atoms with Crippen molar-refractivity contribution in [2.45, 2.75) is 0 Å². The monoisotopic (exact) mass is 419 g/mol. The topological polar surface area (TPSA) is 71.3 Å². The van der Waals surface area contributed by atoms with Crippen molar-refractivity contribution in [3.05, 3.63) is 97.2 Å². The lowest BCUT2D eigenvalue weighted by Crippen LogP contribution is -2.18. The molecule has 3 aromatic heterocycles. The first-order valence-electron chi connectivity index (χ1n) is 10.7. The molecule has 2 unspecified atom stereocenters. The number of nitrogens with zero attached hydrogens (tertiary/aromatic N) is 3. The van der Waals surface area contributed by atoms with E-state index in [1.165, 1.54) is 0 Å². The molecular weight excluding hydrogens is 398 g/mol. The average molecular weight is 419 g/mol. The van der Waals surface area contributed by atoms with Crippen LogP contribution in [0.3, 0.4) is 0 Å². The van der Waals surface area contributed by atoms with E-state index in [0.29, 0.717) is 6.54 Å². The highest BCUT2D eigenvalue weighted by molar-refractivity contribution is 5.88. The molecule has 0 spiro atoms. The lowest BCUT2D eigenvalue weighted by Gasteiger charge is -2.18. The smallest absolute Gasteiger partial charge is 0.227 e. The summed E-state index contributed by atoms with van der Waals surface area (Å²) in [5.74, 6) is 0.272. The fourth-order valence-electron chi connectivity index (χ4n) is 4.50. The zero-order chi connectivity index (χ0) is 21.5. The molecule has 1 amide bonds. The zero-order valence-corrected chi connectivity index (χ0v) is 17.3. The van der Waals surface area contributed by atoms with E-state index in [2.05, 4.69) is 73.5 Å². The van der Waals surface area contributed by atoms with Crippen molar-refractivity contribution in [2.75, 3.05) is 11.9 Å². The van der Waals surface area contributed by atoms with Gasteiger partial charge in [0.1, 0.15) is 0 Å². The average Bonchev–Trinajstić information content (AvgIpc) is 3.48. The van der Waals surface area contributed by atoms with Crippen molar-refractivity contribution in [1.82, 2.24) is 19.7 Å². The summed E-state index contributed by atoms with van der Waals surface area (Å²) < 4.78 is 2.09. The highest BCUT2D eigenvalue weighted by atomic mass is 16.2. The first-order chi connectivity index (χ1) is 15.8. The van der Waals surface area contributed by atoms with Crippen LogP contribution in [0.1, 0.15) is 5.69 Å². The minimum absolute atomic E-state index is 0.0485. The molecule has 6 nitrogen and oxygen atoms in total. The number of carbonyl (C=O) groups excluding carboxylic acids is 1. The molecule has 0 bridgehead atoms. The predicted octanol–water partition coefficient (Wildman–Crippen LogP) is 4.46. The molecule has 156 valence electrons. The molecule has 4 heterocycles. The van der Waals surface area contributed by atoms with Crippen LogP contribution in [0.15, 0.2) is 91.5 Å². The fraction of sp³-hybridized carbons (Fsp3) is 0.115. The second-order valence-corrected chi connectivity index (χ2v) is 8.11. The second-order valence-electron chi connectivity index (χ2n) is 8.11. The third-order valence-corrected chi connectivity index (χ3v) is 6.16. The molecule has 1 saturated heterocycles. The first kappa shape index (κ1) is 18.6. The molecule has 0 radical (unpaired) electrons. The van der Waals surface area contributed by atoms with E-state index in [1.807, 2.05) is 36.8 Å². The molecule has 1 aliphatic heterocycles. The first-order valence-corrected chi connectivity index (χ1v) is 10.7. The van der Waals surface area contributed by atoms with Crippen molar-refractivity contribution in [3.8, 4) is 11.1 Å². The fourth-order valence-corrected chi connectivity index (χ4v) is 4.50. The SMILES string of the molecule is O=C1NCC2C=C(c3ccc(Nc4ccc(-c5cccnc5)cc4)c4nccn34)C=CC12. The van der Waals surface area contributed by atoms with E-state index in [0.717, 1.165) is 39.4 Å². The third-order valence-electron chi connectivity index (χ3n) is 6.16. The van der Waals surface area contributed by atoms with Gasteiger partial charge >= 0.3 is 0 Å². The van der Waals surface area contributed by atoms with Crippen molar-refractivity contribution in [2.24, 2.45) is 11.8 Å². The van der Waals surface area contributed by atoms with E-state index in [4.69, 9.17) is 0 Å². The standard InChI is InChI=1S/C26H21N5O/c32-26-22-8-5-18(14-20(22)16-29-26)24-10-9-23(25-28-12-13-31(24)25)30-21-6-3-17(4-7-21)19-2-1-11-27-15-19/h1-15,20,22,30H,16H2,(H,29,32). The molecule has 0 saturated carbocycles. The summed E-state index contributed by atoms with van der Waals surface area (Å²) >= 11 is 0. The Morgan fingerprint density at radius 2 is 1.94 bits per heavy atom. The van der Waals surface area contributed by atoms with Crippen LogP contribution in [0.2, 0.25) is 0 Å². The molecule has 4 aromatic rings. The number of allylic oxidation sites excluding steroid dienone is 2. The van der Waals surface area contributed by atoms with E-state index in [1.54, 1.807) is 6.20 Å². The molecule has 2 N–H and O–H groups in total. The van der Waals surface area contributed by atoms with Gasteiger partial charge in [-0.2, -0.15) is 0 Å². The second kappa shape index (κ2) is 7.50. The van der Waals surface area contributed by atoms with Crippen molar-refractivity contribution in [3.63, 3.8) is 0 Å². The summed E-state index contributed by atoms with van der Waals surface area (Å²) in [7, 11) is 0. The minimum Gasteiger partial charge on any atom is -0.355 e. The number of amides is 1. The maximum absolute atomic E-state index is 11.9. The predicted molar refractivity (Wildman–Crippen MR) is 125 cm³/mol. The molecular formula is C26H21N5O. The van der Waals surface area contributed by atoms with Crippen LogP contribution >= 0.6 is 0 Å². The van der Waals surface area contributed by atoms with E-state index < -0.39 is 0 Å². The Labute approximate surface area is 185 Å². The molecule has 2 aliphatic rings. The Balaban J connectivity index is 1.29. The number of fused-ring (bicyclic) bond motifs is 2. The van der Waals surface area contributed by atoms with Gasteiger partial charge in [-0.3, -0.25) is 14.2 Å². The van der Waals surface area contributed by atoms with Gasteiger partial charge in [0.2, 0.25) is 5.91 Å². The van der Waals surface area contributed by atoms with Crippen LogP contribution in [0.25, 0.3) is 22.3 Å². The van der Waals surface area contributed by atoms with Gasteiger partial charge in [0, 0.05) is 42.9 Å². The molecule has 32 heavy (non-hydrogen) atoms. The number of imidazole rings is 1.